The van der Waals surface area contributed by atoms with Gasteiger partial charge < -0.3 is 19.3 Å². The smallest absolute Gasteiger partial charge is 0.464 e. The highest BCUT2D eigenvalue weighted by Gasteiger charge is 2.53. The molecule has 1 aromatic carbocycles. The summed E-state index contributed by atoms with van der Waals surface area (Å²) in [6.45, 7) is 0.259. The zero-order valence-corrected chi connectivity index (χ0v) is 21.1. The van der Waals surface area contributed by atoms with Crippen LogP contribution in [0.1, 0.15) is 19.8 Å². The van der Waals surface area contributed by atoms with Gasteiger partial charge in [0.1, 0.15) is 6.54 Å². The van der Waals surface area contributed by atoms with Crippen molar-refractivity contribution in [2.45, 2.75) is 36.7 Å². The van der Waals surface area contributed by atoms with E-state index in [1.54, 1.807) is 0 Å². The topological polar surface area (TPSA) is 115 Å². The minimum absolute atomic E-state index is 0.00388. The van der Waals surface area contributed by atoms with Gasteiger partial charge in [-0.25, -0.2) is 0 Å². The fourth-order valence-electron chi connectivity index (χ4n) is 3.01. The second-order valence-corrected chi connectivity index (χ2v) is 10.1. The zero-order chi connectivity index (χ0) is 26.1. The fraction of sp³-hybridized carbons (Fsp3) is 0.579. The predicted molar refractivity (Wildman–Crippen MR) is 120 cm³/mol. The Morgan fingerprint density at radius 3 is 2.46 bits per heavy atom. The number of amides is 1. The van der Waals surface area contributed by atoms with Gasteiger partial charge in [0, 0.05) is 18.0 Å². The van der Waals surface area contributed by atoms with E-state index in [1.807, 2.05) is 6.92 Å². The summed E-state index contributed by atoms with van der Waals surface area (Å²) in [7, 11) is 1.31. The van der Waals surface area contributed by atoms with Crippen LogP contribution in [-0.2, 0) is 28.3 Å². The van der Waals surface area contributed by atoms with Crippen LogP contribution in [0.3, 0.4) is 0 Å². The summed E-state index contributed by atoms with van der Waals surface area (Å²) < 4.78 is 68.3. The van der Waals surface area contributed by atoms with Crippen molar-refractivity contribution < 1.29 is 51.3 Å². The van der Waals surface area contributed by atoms with Crippen LogP contribution in [0.5, 0.6) is 5.75 Å². The lowest BCUT2D eigenvalue weighted by molar-refractivity contribution is -0.193. The minimum Gasteiger partial charge on any atom is -0.464 e. The molecule has 1 aliphatic rings. The summed E-state index contributed by atoms with van der Waals surface area (Å²) in [6.07, 6.45) is -4.36. The van der Waals surface area contributed by atoms with Crippen molar-refractivity contribution >= 4 is 41.1 Å². The Bertz CT molecular complexity index is 890. The number of nitrogens with zero attached hydrogens (tertiary/aromatic N) is 2. The highest BCUT2D eigenvalue weighted by molar-refractivity contribution is 8.21. The van der Waals surface area contributed by atoms with E-state index in [0.29, 0.717) is 17.7 Å². The number of benzene rings is 1. The molecule has 1 aliphatic heterocycles. The number of esters is 1. The Hall–Kier alpha value is -1.54. The normalized spacial score (nSPS) is 17.3. The number of carbonyl (C=O) groups excluding carboxylic acids is 2. The van der Waals surface area contributed by atoms with Crippen molar-refractivity contribution in [1.29, 1.82) is 0 Å². The summed E-state index contributed by atoms with van der Waals surface area (Å²) in [5, 5.41) is 0. The van der Waals surface area contributed by atoms with Crippen LogP contribution >= 0.6 is 29.3 Å². The second-order valence-electron chi connectivity index (χ2n) is 7.27. The molecule has 0 spiro atoms. The Labute approximate surface area is 208 Å². The van der Waals surface area contributed by atoms with E-state index in [2.05, 4.69) is 0 Å². The van der Waals surface area contributed by atoms with Crippen molar-refractivity contribution in [1.82, 2.24) is 9.80 Å². The molecule has 1 amide bonds. The van der Waals surface area contributed by atoms with Crippen LogP contribution in [0.15, 0.2) is 29.2 Å². The Kier molecular flexibility index (Phi) is 11.6. The van der Waals surface area contributed by atoms with Gasteiger partial charge in [0.2, 0.25) is 0 Å². The first-order chi connectivity index (χ1) is 16.5. The van der Waals surface area contributed by atoms with Gasteiger partial charge in [-0.2, -0.15) is 13.2 Å². The molecule has 1 heterocycles. The quantitative estimate of drug-likeness (QED) is 0.132. The summed E-state index contributed by atoms with van der Waals surface area (Å²) in [6, 6.07) is 5.70. The number of hydrogen-bond donors (Lipinski definition) is 1. The van der Waals surface area contributed by atoms with Crippen LogP contribution in [0.4, 0.5) is 13.2 Å². The van der Waals surface area contributed by atoms with Gasteiger partial charge in [0.15, 0.2) is 11.7 Å². The lowest BCUT2D eigenvalue weighted by atomic mass is 10.3. The minimum atomic E-state index is -5.45. The zero-order valence-electron chi connectivity index (χ0n) is 18.6. The lowest BCUT2D eigenvalue weighted by Gasteiger charge is -2.41. The summed E-state index contributed by atoms with van der Waals surface area (Å²) in [5.74, 6) is -5.95. The lowest BCUT2D eigenvalue weighted by Crippen LogP contribution is -2.58. The number of carbonyl (C=O) groups is 2. The number of unbranched alkanes of at least 4 members (excludes halogenated alkanes) is 1. The number of alkyl halides is 3. The summed E-state index contributed by atoms with van der Waals surface area (Å²) in [5.41, 5.74) is 0. The molecule has 2 unspecified atom stereocenters. The molecular weight excluding hydrogens is 540 g/mol. The SMILES string of the molecule is CCCCOC(=O)CN(C(=O)C(F)(F)F)C(N1CCOCC1)P(=O)(O)OOc1ccc(SCl)cc1. The van der Waals surface area contributed by atoms with Crippen molar-refractivity contribution in [3.63, 3.8) is 0 Å². The van der Waals surface area contributed by atoms with E-state index in [9.17, 15) is 32.2 Å². The maximum absolute atomic E-state index is 13.5. The Balaban J connectivity index is 2.34. The first kappa shape index (κ1) is 29.7. The first-order valence-electron chi connectivity index (χ1n) is 10.4. The van der Waals surface area contributed by atoms with E-state index in [4.69, 9.17) is 29.7 Å². The van der Waals surface area contributed by atoms with Gasteiger partial charge in [-0.05, 0) is 52.3 Å². The molecule has 35 heavy (non-hydrogen) atoms. The molecule has 16 heteroatoms. The van der Waals surface area contributed by atoms with Crippen molar-refractivity contribution in [3.05, 3.63) is 24.3 Å². The van der Waals surface area contributed by atoms with Gasteiger partial charge >= 0.3 is 25.6 Å². The number of morpholine rings is 1. The molecule has 1 saturated heterocycles. The van der Waals surface area contributed by atoms with E-state index in [1.165, 1.54) is 24.3 Å². The van der Waals surface area contributed by atoms with E-state index < -0.39 is 38.1 Å². The molecule has 2 atom stereocenters. The second kappa shape index (κ2) is 13.7. The van der Waals surface area contributed by atoms with Gasteiger partial charge in [-0.1, -0.05) is 18.0 Å². The molecule has 2 rings (SSSR count). The van der Waals surface area contributed by atoms with Crippen molar-refractivity contribution in [2.75, 3.05) is 39.5 Å². The fourth-order valence-corrected chi connectivity index (χ4v) is 5.01. The van der Waals surface area contributed by atoms with Crippen LogP contribution in [0.25, 0.3) is 0 Å². The molecule has 1 fully saturated rings. The molecule has 1 aromatic rings. The molecule has 10 nitrogen and oxygen atoms in total. The predicted octanol–water partition coefficient (Wildman–Crippen LogP) is 3.78. The summed E-state index contributed by atoms with van der Waals surface area (Å²) in [4.78, 5) is 41.7. The molecule has 0 aliphatic carbocycles. The largest absolute Gasteiger partial charge is 0.471 e. The third kappa shape index (κ3) is 9.12. The van der Waals surface area contributed by atoms with E-state index in [-0.39, 0.29) is 43.6 Å². The number of rotatable bonds is 12. The monoisotopic (exact) mass is 564 g/mol. The molecule has 0 saturated carbocycles. The van der Waals surface area contributed by atoms with E-state index in [0.717, 1.165) is 15.9 Å². The van der Waals surface area contributed by atoms with Gasteiger partial charge in [-0.15, -0.1) is 0 Å². The average Bonchev–Trinajstić information content (AvgIpc) is 2.82. The number of hydrogen-bond acceptors (Lipinski definition) is 9. The summed E-state index contributed by atoms with van der Waals surface area (Å²) >= 11 is 0. The number of ether oxygens (including phenoxy) is 2. The van der Waals surface area contributed by atoms with Crippen molar-refractivity contribution in [2.24, 2.45) is 0 Å². The van der Waals surface area contributed by atoms with Crippen LogP contribution < -0.4 is 4.89 Å². The Morgan fingerprint density at radius 2 is 1.91 bits per heavy atom. The average molecular weight is 565 g/mol. The maximum atomic E-state index is 13.5. The molecule has 198 valence electrons. The third-order valence-electron chi connectivity index (χ3n) is 4.66. The van der Waals surface area contributed by atoms with Gasteiger partial charge in [0.25, 0.3) is 0 Å². The van der Waals surface area contributed by atoms with Crippen LogP contribution in [-0.4, -0.2) is 78.1 Å². The van der Waals surface area contributed by atoms with Crippen LogP contribution in [0, 0.1) is 0 Å². The van der Waals surface area contributed by atoms with Gasteiger partial charge in [0.05, 0.1) is 19.8 Å². The highest BCUT2D eigenvalue weighted by atomic mass is 35.7. The first-order valence-corrected chi connectivity index (χ1v) is 13.7. The molecule has 0 bridgehead atoms. The van der Waals surface area contributed by atoms with Gasteiger partial charge in [-0.3, -0.25) is 24.0 Å². The standard InChI is InChI=1S/C19H25ClF3N2O8PS/c1-2-3-10-31-16(26)13-25(17(27)19(21,22)23)18(24-8-11-30-12-9-24)34(28,29)33-32-14-4-6-15(35-20)7-5-14/h4-7,18H,2-3,8-13H2,1H3,(H,28,29). The number of halogens is 4. The molecular formula is C19H25ClF3N2O8PS. The highest BCUT2D eigenvalue weighted by Crippen LogP contribution is 2.51. The maximum Gasteiger partial charge on any atom is 0.471 e. The molecule has 0 radical (unpaired) electrons. The molecule has 1 N–H and O–H groups in total. The van der Waals surface area contributed by atoms with E-state index >= 15 is 0 Å². The van der Waals surface area contributed by atoms with Crippen LogP contribution in [0.2, 0.25) is 0 Å². The Morgan fingerprint density at radius 1 is 1.29 bits per heavy atom. The third-order valence-corrected chi connectivity index (χ3v) is 7.12. The molecule has 0 aromatic heterocycles. The van der Waals surface area contributed by atoms with Crippen molar-refractivity contribution in [3.8, 4) is 5.75 Å².